The lowest BCUT2D eigenvalue weighted by Gasteiger charge is -2.12. The summed E-state index contributed by atoms with van der Waals surface area (Å²) in [5, 5.41) is 3.30. The molecule has 146 valence electrons. The van der Waals surface area contributed by atoms with Crippen molar-refractivity contribution in [1.82, 2.24) is 9.55 Å². The molecule has 0 saturated carbocycles. The zero-order chi connectivity index (χ0) is 19.3. The fourth-order valence-corrected chi connectivity index (χ4v) is 4.89. The van der Waals surface area contributed by atoms with E-state index in [1.165, 1.54) is 11.3 Å². The Labute approximate surface area is 172 Å². The lowest BCUT2D eigenvalue weighted by Crippen LogP contribution is -2.22. The van der Waals surface area contributed by atoms with Gasteiger partial charge in [-0.15, -0.1) is 17.9 Å². The van der Waals surface area contributed by atoms with Crippen LogP contribution in [0.4, 0.5) is 0 Å². The maximum Gasteiger partial charge on any atom is 0.263 e. The first-order chi connectivity index (χ1) is 13.7. The van der Waals surface area contributed by atoms with E-state index in [-0.39, 0.29) is 11.7 Å². The highest BCUT2D eigenvalue weighted by molar-refractivity contribution is 7.98. The third-order valence-electron chi connectivity index (χ3n) is 4.61. The van der Waals surface area contributed by atoms with Crippen molar-refractivity contribution in [3.63, 3.8) is 0 Å². The molecule has 0 unspecified atom stereocenters. The summed E-state index contributed by atoms with van der Waals surface area (Å²) >= 11 is 3.05. The molecule has 0 radical (unpaired) electrons. The molecule has 0 bridgehead atoms. The first-order valence-electron chi connectivity index (χ1n) is 9.29. The number of fused-ring (bicyclic) bond motifs is 1. The summed E-state index contributed by atoms with van der Waals surface area (Å²) in [6.45, 7) is 5.66. The largest absolute Gasteiger partial charge is 0.491 e. The van der Waals surface area contributed by atoms with Gasteiger partial charge >= 0.3 is 0 Å². The van der Waals surface area contributed by atoms with Gasteiger partial charge in [0.15, 0.2) is 5.16 Å². The van der Waals surface area contributed by atoms with Gasteiger partial charge in [0.25, 0.3) is 5.56 Å². The average Bonchev–Trinajstić information content (AvgIpc) is 3.40. The van der Waals surface area contributed by atoms with Crippen LogP contribution >= 0.6 is 23.1 Å². The molecule has 28 heavy (non-hydrogen) atoms. The van der Waals surface area contributed by atoms with E-state index in [0.29, 0.717) is 18.5 Å². The lowest BCUT2D eigenvalue weighted by molar-refractivity contribution is 0.0679. The van der Waals surface area contributed by atoms with Gasteiger partial charge in [-0.05, 0) is 42.0 Å². The van der Waals surface area contributed by atoms with Gasteiger partial charge in [0, 0.05) is 18.9 Å². The predicted octanol–water partition coefficient (Wildman–Crippen LogP) is 4.49. The Kier molecular flexibility index (Phi) is 6.14. The van der Waals surface area contributed by atoms with Gasteiger partial charge in [-0.2, -0.15) is 0 Å². The Morgan fingerprint density at radius 1 is 1.36 bits per heavy atom. The van der Waals surface area contributed by atoms with Crippen LogP contribution in [0.5, 0.6) is 5.75 Å². The number of benzene rings is 1. The maximum atomic E-state index is 12.7. The SMILES string of the molecule is C=CCn1c(SCc2ccc(OC[C@H]3CCCO3)cc2)nc2sccc2c1=O. The van der Waals surface area contributed by atoms with Crippen molar-refractivity contribution < 1.29 is 9.47 Å². The van der Waals surface area contributed by atoms with Crippen LogP contribution in [0.25, 0.3) is 10.2 Å². The number of rotatable bonds is 8. The van der Waals surface area contributed by atoms with Crippen LogP contribution < -0.4 is 10.3 Å². The second-order valence-corrected chi connectivity index (χ2v) is 8.45. The Hall–Kier alpha value is -2.09. The van der Waals surface area contributed by atoms with Crippen molar-refractivity contribution in [2.24, 2.45) is 0 Å². The van der Waals surface area contributed by atoms with Crippen LogP contribution in [0.3, 0.4) is 0 Å². The fourth-order valence-electron chi connectivity index (χ4n) is 3.13. The third-order valence-corrected chi connectivity index (χ3v) is 6.47. The Bertz CT molecular complexity index is 1000. The molecule has 4 rings (SSSR count). The first-order valence-corrected chi connectivity index (χ1v) is 11.2. The average molecular weight is 415 g/mol. The minimum Gasteiger partial charge on any atom is -0.491 e. The fraction of sp³-hybridized carbons (Fsp3) is 0.333. The molecule has 1 fully saturated rings. The Morgan fingerprint density at radius 3 is 2.96 bits per heavy atom. The third kappa shape index (κ3) is 4.32. The van der Waals surface area contributed by atoms with Gasteiger partial charge in [0.2, 0.25) is 0 Å². The summed E-state index contributed by atoms with van der Waals surface area (Å²) in [7, 11) is 0. The van der Waals surface area contributed by atoms with Crippen molar-refractivity contribution in [3.05, 3.63) is 64.3 Å². The van der Waals surface area contributed by atoms with Gasteiger partial charge in [0.05, 0.1) is 11.5 Å². The van der Waals surface area contributed by atoms with Crippen LogP contribution in [0.1, 0.15) is 18.4 Å². The number of thioether (sulfide) groups is 1. The first kappa shape index (κ1) is 19.2. The number of thiophene rings is 1. The van der Waals surface area contributed by atoms with E-state index in [1.54, 1.807) is 22.4 Å². The number of allylic oxidation sites excluding steroid dienone is 1. The molecule has 1 aliphatic rings. The summed E-state index contributed by atoms with van der Waals surface area (Å²) in [5.74, 6) is 1.58. The molecular weight excluding hydrogens is 392 g/mol. The highest BCUT2D eigenvalue weighted by atomic mass is 32.2. The molecule has 3 heterocycles. The van der Waals surface area contributed by atoms with E-state index in [0.717, 1.165) is 46.5 Å². The molecule has 3 aromatic rings. The molecule has 1 saturated heterocycles. The van der Waals surface area contributed by atoms with E-state index in [2.05, 4.69) is 23.7 Å². The van der Waals surface area contributed by atoms with E-state index >= 15 is 0 Å². The smallest absolute Gasteiger partial charge is 0.263 e. The zero-order valence-electron chi connectivity index (χ0n) is 15.5. The van der Waals surface area contributed by atoms with Crippen LogP contribution in [0, 0.1) is 0 Å². The molecule has 0 aliphatic carbocycles. The molecule has 1 aliphatic heterocycles. The normalized spacial score (nSPS) is 16.5. The van der Waals surface area contributed by atoms with Gasteiger partial charge in [0.1, 0.15) is 17.2 Å². The van der Waals surface area contributed by atoms with Crippen molar-refractivity contribution in [2.75, 3.05) is 13.2 Å². The standard InChI is InChI=1S/C21H22N2O3S2/c1-2-10-23-20(24)18-9-12-27-19(18)22-21(23)28-14-15-5-7-16(8-6-15)26-13-17-4-3-11-25-17/h2,5-9,12,17H,1,3-4,10-11,13-14H2/t17-/m1/s1. The van der Waals surface area contributed by atoms with Gasteiger partial charge in [-0.25, -0.2) is 4.98 Å². The second-order valence-electron chi connectivity index (χ2n) is 6.62. The zero-order valence-corrected chi connectivity index (χ0v) is 17.1. The summed E-state index contributed by atoms with van der Waals surface area (Å²) < 4.78 is 13.1. The summed E-state index contributed by atoms with van der Waals surface area (Å²) in [6, 6.07) is 9.91. The highest BCUT2D eigenvalue weighted by Crippen LogP contribution is 2.25. The Morgan fingerprint density at radius 2 is 2.21 bits per heavy atom. The van der Waals surface area contributed by atoms with Gasteiger partial charge < -0.3 is 9.47 Å². The van der Waals surface area contributed by atoms with Crippen LogP contribution in [-0.2, 0) is 17.0 Å². The van der Waals surface area contributed by atoms with Crippen molar-refractivity contribution in [1.29, 1.82) is 0 Å². The lowest BCUT2D eigenvalue weighted by atomic mass is 10.2. The van der Waals surface area contributed by atoms with Crippen molar-refractivity contribution in [3.8, 4) is 5.75 Å². The molecule has 1 atom stereocenters. The monoisotopic (exact) mass is 414 g/mol. The van der Waals surface area contributed by atoms with Gasteiger partial charge in [-0.3, -0.25) is 9.36 Å². The number of aromatic nitrogens is 2. The predicted molar refractivity (Wildman–Crippen MR) is 115 cm³/mol. The molecule has 0 N–H and O–H groups in total. The summed E-state index contributed by atoms with van der Waals surface area (Å²) in [4.78, 5) is 18.1. The van der Waals surface area contributed by atoms with E-state index in [1.807, 2.05) is 23.6 Å². The number of ether oxygens (including phenoxy) is 2. The molecule has 1 aromatic carbocycles. The number of nitrogens with zero attached hydrogens (tertiary/aromatic N) is 2. The highest BCUT2D eigenvalue weighted by Gasteiger charge is 2.16. The topological polar surface area (TPSA) is 53.4 Å². The van der Waals surface area contributed by atoms with E-state index in [9.17, 15) is 4.79 Å². The summed E-state index contributed by atoms with van der Waals surface area (Å²) in [5.41, 5.74) is 1.15. The van der Waals surface area contributed by atoms with Gasteiger partial charge in [-0.1, -0.05) is 30.0 Å². The van der Waals surface area contributed by atoms with Crippen LogP contribution in [0.15, 0.2) is 58.3 Å². The van der Waals surface area contributed by atoms with E-state index < -0.39 is 0 Å². The summed E-state index contributed by atoms with van der Waals surface area (Å²) in [6.07, 6.45) is 4.13. The minimum absolute atomic E-state index is 0.00784. The maximum absolute atomic E-state index is 12.7. The van der Waals surface area contributed by atoms with E-state index in [4.69, 9.17) is 9.47 Å². The quantitative estimate of drug-likeness (QED) is 0.309. The second kappa shape index (κ2) is 8.94. The molecule has 0 spiro atoms. The molecule has 0 amide bonds. The number of hydrogen-bond acceptors (Lipinski definition) is 6. The molecular formula is C21H22N2O3S2. The van der Waals surface area contributed by atoms with Crippen LogP contribution in [-0.4, -0.2) is 28.9 Å². The molecule has 5 nitrogen and oxygen atoms in total. The molecule has 2 aromatic heterocycles. The van der Waals surface area contributed by atoms with Crippen LogP contribution in [0.2, 0.25) is 0 Å². The Balaban J connectivity index is 1.43. The van der Waals surface area contributed by atoms with Crippen molar-refractivity contribution in [2.45, 2.75) is 36.4 Å². The minimum atomic E-state index is -0.00784. The van der Waals surface area contributed by atoms with Crippen molar-refractivity contribution >= 4 is 33.3 Å². The molecule has 7 heteroatoms. The number of hydrogen-bond donors (Lipinski definition) is 0.